The van der Waals surface area contributed by atoms with Crippen molar-refractivity contribution in [3.63, 3.8) is 0 Å². The summed E-state index contributed by atoms with van der Waals surface area (Å²) in [6.07, 6.45) is 5.05. The molecule has 0 N–H and O–H groups in total. The van der Waals surface area contributed by atoms with Crippen LogP contribution in [0.15, 0.2) is 42.6 Å². The molecule has 8 nitrogen and oxygen atoms in total. The Hall–Kier alpha value is -1.79. The maximum Gasteiger partial charge on any atom is 0.214 e. The van der Waals surface area contributed by atoms with Crippen LogP contribution in [0.4, 0.5) is 0 Å². The van der Waals surface area contributed by atoms with E-state index in [2.05, 4.69) is 32.7 Å². The van der Waals surface area contributed by atoms with E-state index in [9.17, 15) is 0 Å². The van der Waals surface area contributed by atoms with Crippen molar-refractivity contribution < 1.29 is 23.7 Å². The van der Waals surface area contributed by atoms with Crippen molar-refractivity contribution in [2.75, 3.05) is 46.2 Å². The molecule has 1 aliphatic heterocycles. The number of ether oxygens (including phenoxy) is 5. The SMILES string of the molecule is Ic1nn(C2CCCCO2)c2cnc(OCCOCCOCCOCc3ccccc3)cc12. The Labute approximate surface area is 207 Å². The molecule has 3 heterocycles. The summed E-state index contributed by atoms with van der Waals surface area (Å²) in [5.41, 5.74) is 2.14. The van der Waals surface area contributed by atoms with Crippen LogP contribution in [0.1, 0.15) is 31.1 Å². The number of hydrogen-bond donors (Lipinski definition) is 0. The van der Waals surface area contributed by atoms with E-state index >= 15 is 0 Å². The van der Waals surface area contributed by atoms with Crippen LogP contribution in [-0.4, -0.2) is 61.0 Å². The third-order valence-corrected chi connectivity index (χ3v) is 6.08. The molecule has 1 unspecified atom stereocenters. The molecule has 2 aromatic heterocycles. The molecule has 178 valence electrons. The topological polar surface area (TPSA) is 76.9 Å². The van der Waals surface area contributed by atoms with Crippen LogP contribution in [0.3, 0.4) is 0 Å². The van der Waals surface area contributed by atoms with Crippen LogP contribution in [-0.2, 0) is 25.6 Å². The Morgan fingerprint density at radius 3 is 2.48 bits per heavy atom. The molecule has 0 saturated carbocycles. The summed E-state index contributed by atoms with van der Waals surface area (Å²) in [6, 6.07) is 12.0. The van der Waals surface area contributed by atoms with Gasteiger partial charge in [-0.05, 0) is 47.4 Å². The highest BCUT2D eigenvalue weighted by Gasteiger charge is 2.21. The van der Waals surface area contributed by atoms with E-state index in [1.165, 1.54) is 0 Å². The number of pyridine rings is 1. The van der Waals surface area contributed by atoms with Crippen LogP contribution < -0.4 is 4.74 Å². The number of halogens is 1. The number of benzene rings is 1. The Morgan fingerprint density at radius 2 is 1.73 bits per heavy atom. The molecule has 0 aliphatic carbocycles. The zero-order valence-electron chi connectivity index (χ0n) is 18.7. The third kappa shape index (κ3) is 7.35. The second-order valence-electron chi connectivity index (χ2n) is 7.71. The monoisotopic (exact) mass is 567 g/mol. The zero-order chi connectivity index (χ0) is 22.7. The van der Waals surface area contributed by atoms with Crippen molar-refractivity contribution >= 4 is 33.5 Å². The van der Waals surface area contributed by atoms with Crippen LogP contribution in [0.25, 0.3) is 10.9 Å². The van der Waals surface area contributed by atoms with Crippen molar-refractivity contribution in [1.29, 1.82) is 0 Å². The van der Waals surface area contributed by atoms with Gasteiger partial charge in [-0.2, -0.15) is 5.10 Å². The van der Waals surface area contributed by atoms with Gasteiger partial charge in [-0.3, -0.25) is 0 Å². The smallest absolute Gasteiger partial charge is 0.214 e. The highest BCUT2D eigenvalue weighted by molar-refractivity contribution is 14.1. The van der Waals surface area contributed by atoms with Gasteiger partial charge in [0.05, 0.1) is 51.4 Å². The van der Waals surface area contributed by atoms with Gasteiger partial charge in [0.1, 0.15) is 10.3 Å². The Balaban J connectivity index is 1.09. The van der Waals surface area contributed by atoms with Crippen LogP contribution in [0.2, 0.25) is 0 Å². The Kier molecular flexibility index (Phi) is 9.73. The lowest BCUT2D eigenvalue weighted by atomic mass is 10.2. The summed E-state index contributed by atoms with van der Waals surface area (Å²) in [4.78, 5) is 4.44. The summed E-state index contributed by atoms with van der Waals surface area (Å²) < 4.78 is 31.2. The first-order valence-corrected chi connectivity index (χ1v) is 12.4. The average Bonchev–Trinajstić information content (AvgIpc) is 3.19. The summed E-state index contributed by atoms with van der Waals surface area (Å²) in [5, 5.41) is 5.69. The third-order valence-electron chi connectivity index (χ3n) is 5.28. The molecule has 9 heteroatoms. The van der Waals surface area contributed by atoms with Crippen molar-refractivity contribution in [3.8, 4) is 5.88 Å². The lowest BCUT2D eigenvalue weighted by Gasteiger charge is -2.23. The summed E-state index contributed by atoms with van der Waals surface area (Å²) >= 11 is 2.25. The standard InChI is InChI=1S/C24H30IN3O5/c25-24-20-16-22(26-17-21(20)28(27-24)23-8-4-5-9-33-23)32-15-14-30-11-10-29-12-13-31-18-19-6-2-1-3-7-19/h1-3,6-7,16-17,23H,4-5,8-15,18H2. The highest BCUT2D eigenvalue weighted by atomic mass is 127. The normalized spacial score (nSPS) is 16.3. The van der Waals surface area contributed by atoms with Gasteiger partial charge >= 0.3 is 0 Å². The van der Waals surface area contributed by atoms with Crippen molar-refractivity contribution in [3.05, 3.63) is 51.9 Å². The van der Waals surface area contributed by atoms with E-state index in [4.69, 9.17) is 23.7 Å². The molecule has 3 aromatic rings. The first kappa shape index (κ1) is 24.3. The van der Waals surface area contributed by atoms with Crippen molar-refractivity contribution in [2.24, 2.45) is 0 Å². The molecule has 0 spiro atoms. The number of aromatic nitrogens is 3. The Bertz CT molecular complexity index is 979. The maximum absolute atomic E-state index is 5.88. The van der Waals surface area contributed by atoms with E-state index in [1.54, 1.807) is 0 Å². The summed E-state index contributed by atoms with van der Waals surface area (Å²) in [5.74, 6) is 0.569. The molecule has 1 fully saturated rings. The van der Waals surface area contributed by atoms with Gasteiger partial charge in [0, 0.05) is 18.1 Å². The molecule has 0 amide bonds. The van der Waals surface area contributed by atoms with E-state index in [1.807, 2.05) is 47.3 Å². The molecule has 0 bridgehead atoms. The first-order chi connectivity index (χ1) is 16.3. The van der Waals surface area contributed by atoms with Crippen LogP contribution >= 0.6 is 22.6 Å². The number of hydrogen-bond acceptors (Lipinski definition) is 7. The van der Waals surface area contributed by atoms with E-state index in [-0.39, 0.29) is 6.23 Å². The number of fused-ring (bicyclic) bond motifs is 1. The number of nitrogens with zero attached hydrogens (tertiary/aromatic N) is 3. The van der Waals surface area contributed by atoms with Gasteiger partial charge in [0.15, 0.2) is 6.23 Å². The van der Waals surface area contributed by atoms with Gasteiger partial charge < -0.3 is 23.7 Å². The van der Waals surface area contributed by atoms with Crippen LogP contribution in [0.5, 0.6) is 5.88 Å². The molecular weight excluding hydrogens is 537 g/mol. The van der Waals surface area contributed by atoms with Gasteiger partial charge in [-0.15, -0.1) is 0 Å². The average molecular weight is 567 g/mol. The Morgan fingerprint density at radius 1 is 0.970 bits per heavy atom. The predicted molar refractivity (Wildman–Crippen MR) is 132 cm³/mol. The van der Waals surface area contributed by atoms with Gasteiger partial charge in [0.2, 0.25) is 5.88 Å². The van der Waals surface area contributed by atoms with Crippen molar-refractivity contribution in [2.45, 2.75) is 32.1 Å². The maximum atomic E-state index is 5.88. The lowest BCUT2D eigenvalue weighted by molar-refractivity contribution is -0.0369. The molecule has 1 atom stereocenters. The van der Waals surface area contributed by atoms with Gasteiger partial charge in [0.25, 0.3) is 0 Å². The minimum atomic E-state index is -0.00984. The quantitative estimate of drug-likeness (QED) is 0.224. The molecule has 1 saturated heterocycles. The second kappa shape index (κ2) is 13.2. The van der Waals surface area contributed by atoms with E-state index in [0.717, 1.165) is 46.0 Å². The second-order valence-corrected chi connectivity index (χ2v) is 8.73. The van der Waals surface area contributed by atoms with E-state index < -0.39 is 0 Å². The van der Waals surface area contributed by atoms with Crippen LogP contribution in [0, 0.1) is 3.70 Å². The molecule has 1 aromatic carbocycles. The van der Waals surface area contributed by atoms with Gasteiger partial charge in [-0.25, -0.2) is 9.67 Å². The predicted octanol–water partition coefficient (Wildman–Crippen LogP) is 4.36. The summed E-state index contributed by atoms with van der Waals surface area (Å²) in [7, 11) is 0. The van der Waals surface area contributed by atoms with Gasteiger partial charge in [-0.1, -0.05) is 30.3 Å². The molecular formula is C24H30IN3O5. The lowest BCUT2D eigenvalue weighted by Crippen LogP contribution is -2.19. The fourth-order valence-corrected chi connectivity index (χ4v) is 4.27. The molecule has 0 radical (unpaired) electrons. The van der Waals surface area contributed by atoms with Crippen molar-refractivity contribution in [1.82, 2.24) is 14.8 Å². The first-order valence-electron chi connectivity index (χ1n) is 11.4. The number of rotatable bonds is 13. The molecule has 4 rings (SSSR count). The molecule has 1 aliphatic rings. The largest absolute Gasteiger partial charge is 0.475 e. The molecule has 33 heavy (non-hydrogen) atoms. The summed E-state index contributed by atoms with van der Waals surface area (Å²) in [6.45, 7) is 4.44. The minimum Gasteiger partial charge on any atom is -0.475 e. The minimum absolute atomic E-state index is 0.00984. The fraction of sp³-hybridized carbons (Fsp3) is 0.500. The zero-order valence-corrected chi connectivity index (χ0v) is 20.8. The highest BCUT2D eigenvalue weighted by Crippen LogP contribution is 2.29. The fourth-order valence-electron chi connectivity index (χ4n) is 3.60. The van der Waals surface area contributed by atoms with E-state index in [0.29, 0.717) is 52.1 Å².